The van der Waals surface area contributed by atoms with E-state index in [2.05, 4.69) is 4.94 Å². The Morgan fingerprint density at radius 3 is 2.24 bits per heavy atom. The van der Waals surface area contributed by atoms with Crippen LogP contribution in [0.2, 0.25) is 5.02 Å². The van der Waals surface area contributed by atoms with E-state index in [1.165, 1.54) is 18.2 Å². The van der Waals surface area contributed by atoms with Crippen LogP contribution in [0.15, 0.2) is 18.2 Å². The van der Waals surface area contributed by atoms with Gasteiger partial charge in [-0.1, -0.05) is 17.7 Å². The summed E-state index contributed by atoms with van der Waals surface area (Å²) in [5.74, 6) is -1.75. The number of hydrogen-bond donors (Lipinski definition) is 3. The summed E-state index contributed by atoms with van der Waals surface area (Å²) in [6, 6.07) is 3.93. The van der Waals surface area contributed by atoms with Crippen LogP contribution >= 0.6 is 11.6 Å². The summed E-state index contributed by atoms with van der Waals surface area (Å²) in [5, 5.41) is 31.2. The molecule has 1 aromatic carbocycles. The van der Waals surface area contributed by atoms with Gasteiger partial charge in [0.25, 0.3) is 0 Å². The van der Waals surface area contributed by atoms with E-state index in [9.17, 15) is 9.32 Å². The topological polar surface area (TPSA) is 110 Å². The molecule has 0 fully saturated rings. The number of carboxylic acid groups (broad SMARTS) is 1. The summed E-state index contributed by atoms with van der Waals surface area (Å²) >= 11 is 5.45. The minimum Gasteiger partial charge on any atom is -0.832 e. The average molecular weight is 274 g/mol. The first-order valence-electron chi connectivity index (χ1n) is 3.72. The van der Waals surface area contributed by atoms with Crippen LogP contribution in [0.1, 0.15) is 10.4 Å². The van der Waals surface area contributed by atoms with Gasteiger partial charge in [0.05, 0.1) is 5.02 Å². The van der Waals surface area contributed by atoms with Crippen LogP contribution in [-0.4, -0.2) is 28.4 Å². The Labute approximate surface area is 123 Å². The first-order valence-corrected chi connectivity index (χ1v) is 4.10. The summed E-state index contributed by atoms with van der Waals surface area (Å²) in [7, 11) is -2.42. The number of para-hydroxylation sites is 1. The SMILES string of the molecule is O=C(O)c1cccc(Cl)c1OF.[Na+].[O-]B(O)O. The number of aromatic carboxylic acids is 1. The van der Waals surface area contributed by atoms with Gasteiger partial charge in [-0.05, 0) is 12.1 Å². The minimum absolute atomic E-state index is 0. The summed E-state index contributed by atoms with van der Waals surface area (Å²) in [6.07, 6.45) is 0. The van der Waals surface area contributed by atoms with E-state index in [4.69, 9.17) is 31.8 Å². The van der Waals surface area contributed by atoms with Gasteiger partial charge in [0.15, 0.2) is 0 Å². The van der Waals surface area contributed by atoms with Crippen molar-refractivity contribution in [1.29, 1.82) is 0 Å². The van der Waals surface area contributed by atoms with E-state index in [0.29, 0.717) is 0 Å². The molecule has 0 aliphatic heterocycles. The fourth-order valence-electron chi connectivity index (χ4n) is 0.756. The van der Waals surface area contributed by atoms with Crippen LogP contribution in [0.4, 0.5) is 4.53 Å². The third-order valence-electron chi connectivity index (χ3n) is 1.27. The van der Waals surface area contributed by atoms with Gasteiger partial charge in [-0.3, -0.25) is 4.94 Å². The van der Waals surface area contributed by atoms with Gasteiger partial charge in [0.2, 0.25) is 5.75 Å². The Morgan fingerprint density at radius 2 is 1.94 bits per heavy atom. The third-order valence-corrected chi connectivity index (χ3v) is 1.57. The van der Waals surface area contributed by atoms with Crippen molar-refractivity contribution in [2.75, 3.05) is 0 Å². The molecule has 0 atom stereocenters. The summed E-state index contributed by atoms with van der Waals surface area (Å²) in [5.41, 5.74) is -0.301. The number of carbonyl (C=O) groups is 1. The van der Waals surface area contributed by atoms with Crippen LogP contribution in [0.5, 0.6) is 5.75 Å². The van der Waals surface area contributed by atoms with E-state index in [1.54, 1.807) is 0 Å². The molecule has 6 nitrogen and oxygen atoms in total. The van der Waals surface area contributed by atoms with Gasteiger partial charge in [0.1, 0.15) is 5.56 Å². The Balaban J connectivity index is 0. The van der Waals surface area contributed by atoms with Gasteiger partial charge in [-0.2, -0.15) is 0 Å². The first-order chi connectivity index (χ1) is 7.40. The molecule has 0 aromatic heterocycles. The molecule has 1 aromatic rings. The first kappa shape index (κ1) is 19.0. The second-order valence-corrected chi connectivity index (χ2v) is 2.73. The maximum Gasteiger partial charge on any atom is 1.00 e. The largest absolute Gasteiger partial charge is 1.00 e. The minimum atomic E-state index is -2.42. The molecule has 17 heavy (non-hydrogen) atoms. The zero-order valence-corrected chi connectivity index (χ0v) is 11.4. The number of hydrogen-bond acceptors (Lipinski definition) is 5. The molecule has 0 heterocycles. The quantitative estimate of drug-likeness (QED) is 0.485. The Hall–Kier alpha value is -0.345. The van der Waals surface area contributed by atoms with Crippen LogP contribution in [-0.2, 0) is 0 Å². The monoisotopic (exact) mass is 274 g/mol. The van der Waals surface area contributed by atoms with Crippen molar-refractivity contribution in [3.8, 4) is 5.75 Å². The molecule has 0 saturated carbocycles. The summed E-state index contributed by atoms with van der Waals surface area (Å²) < 4.78 is 11.8. The molecule has 0 saturated heterocycles. The second-order valence-electron chi connectivity index (χ2n) is 2.33. The van der Waals surface area contributed by atoms with E-state index in [0.717, 1.165) is 0 Å². The van der Waals surface area contributed by atoms with E-state index >= 15 is 0 Å². The van der Waals surface area contributed by atoms with Crippen molar-refractivity contribution in [2.24, 2.45) is 0 Å². The Morgan fingerprint density at radius 1 is 1.47 bits per heavy atom. The van der Waals surface area contributed by atoms with Crippen LogP contribution in [0.25, 0.3) is 0 Å². The molecule has 3 N–H and O–H groups in total. The Bertz CT molecular complexity index is 363. The number of rotatable bonds is 2. The van der Waals surface area contributed by atoms with Crippen molar-refractivity contribution >= 4 is 24.9 Å². The molecule has 0 unspecified atom stereocenters. The third kappa shape index (κ3) is 7.56. The van der Waals surface area contributed by atoms with Crippen molar-refractivity contribution in [1.82, 2.24) is 0 Å². The van der Waals surface area contributed by atoms with E-state index < -0.39 is 19.0 Å². The zero-order valence-electron chi connectivity index (χ0n) is 8.63. The Kier molecular flexibility index (Phi) is 10.8. The molecule has 0 aliphatic carbocycles. The molecule has 0 aliphatic rings. The second kappa shape index (κ2) is 9.66. The van der Waals surface area contributed by atoms with Crippen molar-refractivity contribution < 1.29 is 64.0 Å². The van der Waals surface area contributed by atoms with Gasteiger partial charge < -0.3 is 20.2 Å². The number of benzene rings is 1. The van der Waals surface area contributed by atoms with Gasteiger partial charge in [-0.25, -0.2) is 4.79 Å². The summed E-state index contributed by atoms with van der Waals surface area (Å²) in [6.45, 7) is 0. The molecular weight excluding hydrogens is 268 g/mol. The van der Waals surface area contributed by atoms with E-state index in [1.807, 2.05) is 0 Å². The molecule has 0 amide bonds. The standard InChI is InChI=1S/C7H4ClFO3.BH2O3.Na/c8-5-3-1-2-4(7(10)11)6(5)12-9;2-1(3)4;/h1-3H,(H,10,11);2-3H;/q;-1;+1. The van der Waals surface area contributed by atoms with Crippen LogP contribution in [0.3, 0.4) is 0 Å². The zero-order chi connectivity index (χ0) is 12.7. The normalized spacial score (nSPS) is 8.29. The van der Waals surface area contributed by atoms with Gasteiger partial charge in [-0.15, -0.1) is 0 Å². The number of halogens is 2. The van der Waals surface area contributed by atoms with E-state index in [-0.39, 0.29) is 40.1 Å². The van der Waals surface area contributed by atoms with Crippen molar-refractivity contribution in [3.63, 3.8) is 0 Å². The molecule has 0 bridgehead atoms. The van der Waals surface area contributed by atoms with Gasteiger partial charge >= 0.3 is 42.8 Å². The molecular formula is C7H6BClFNaO6. The van der Waals surface area contributed by atoms with Gasteiger partial charge in [0, 0.05) is 4.53 Å². The predicted octanol–water partition coefficient (Wildman–Crippen LogP) is -3.38. The average Bonchev–Trinajstić information content (AvgIpc) is 2.16. The van der Waals surface area contributed by atoms with Crippen molar-refractivity contribution in [3.05, 3.63) is 28.8 Å². The van der Waals surface area contributed by atoms with Crippen LogP contribution < -0.4 is 39.5 Å². The number of carboxylic acids is 1. The molecule has 88 valence electrons. The predicted molar refractivity (Wildman–Crippen MR) is 50.3 cm³/mol. The summed E-state index contributed by atoms with van der Waals surface area (Å²) in [4.78, 5) is 13.8. The molecule has 0 radical (unpaired) electrons. The molecule has 10 heteroatoms. The fraction of sp³-hybridized carbons (Fsp3) is 0. The molecule has 0 spiro atoms. The smallest absolute Gasteiger partial charge is 0.832 e. The fourth-order valence-corrected chi connectivity index (χ4v) is 0.959. The maximum atomic E-state index is 11.8. The van der Waals surface area contributed by atoms with Crippen LogP contribution in [0, 0.1) is 0 Å². The maximum absolute atomic E-state index is 11.8. The van der Waals surface area contributed by atoms with Crippen molar-refractivity contribution in [2.45, 2.75) is 0 Å². The molecule has 1 rings (SSSR count).